The van der Waals surface area contributed by atoms with E-state index in [1.165, 1.54) is 0 Å². The van der Waals surface area contributed by atoms with Gasteiger partial charge in [0.25, 0.3) is 0 Å². The Morgan fingerprint density at radius 1 is 1.36 bits per heavy atom. The van der Waals surface area contributed by atoms with E-state index >= 15 is 0 Å². The van der Waals surface area contributed by atoms with Crippen molar-refractivity contribution in [2.75, 3.05) is 5.33 Å². The number of carbonyl (C=O) groups excluding carboxylic acids is 1. The number of hydrogen-bond acceptors (Lipinski definition) is 1. The van der Waals surface area contributed by atoms with Crippen LogP contribution in [0.2, 0.25) is 0 Å². The second-order valence-electron chi connectivity index (χ2n) is 2.83. The molecule has 0 aliphatic rings. The van der Waals surface area contributed by atoms with Crippen LogP contribution in [0.15, 0.2) is 36.4 Å². The summed E-state index contributed by atoms with van der Waals surface area (Å²) in [5.41, 5.74) is 6.75. The molecular weight excluding hydrogens is 242 g/mol. The van der Waals surface area contributed by atoms with Gasteiger partial charge in [-0.25, -0.2) is 0 Å². The highest BCUT2D eigenvalue weighted by atomic mass is 79.9. The molecule has 0 saturated carbocycles. The Morgan fingerprint density at radius 2 is 2.00 bits per heavy atom. The zero-order valence-electron chi connectivity index (χ0n) is 7.74. The van der Waals surface area contributed by atoms with Gasteiger partial charge in [-0.2, -0.15) is 0 Å². The standard InChI is InChI=1S/C11H12BrNO/c12-8-4-7-10(11(13)14)9-5-2-1-3-6-9/h1-3,5-7H,4,8H2,(H2,13,14)/b10-7-. The third-order valence-electron chi connectivity index (χ3n) is 1.81. The van der Waals surface area contributed by atoms with E-state index in [0.717, 1.165) is 17.3 Å². The van der Waals surface area contributed by atoms with Gasteiger partial charge in [-0.3, -0.25) is 4.79 Å². The predicted octanol–water partition coefficient (Wildman–Crippen LogP) is 2.34. The minimum atomic E-state index is -0.378. The van der Waals surface area contributed by atoms with Crippen LogP contribution in [0.4, 0.5) is 0 Å². The van der Waals surface area contributed by atoms with Crippen molar-refractivity contribution in [2.24, 2.45) is 5.73 Å². The van der Waals surface area contributed by atoms with Gasteiger partial charge in [0.15, 0.2) is 0 Å². The topological polar surface area (TPSA) is 43.1 Å². The van der Waals surface area contributed by atoms with E-state index < -0.39 is 0 Å². The molecule has 0 heterocycles. The Hall–Kier alpha value is -1.09. The van der Waals surface area contributed by atoms with Crippen LogP contribution in [-0.2, 0) is 4.79 Å². The summed E-state index contributed by atoms with van der Waals surface area (Å²) in [5, 5.41) is 0.830. The first-order valence-corrected chi connectivity index (χ1v) is 5.49. The number of rotatable bonds is 4. The van der Waals surface area contributed by atoms with Gasteiger partial charge in [-0.15, -0.1) is 0 Å². The fourth-order valence-corrected chi connectivity index (χ4v) is 1.41. The lowest BCUT2D eigenvalue weighted by molar-refractivity contribution is -0.112. The van der Waals surface area contributed by atoms with Crippen molar-refractivity contribution in [3.05, 3.63) is 42.0 Å². The molecule has 2 N–H and O–H groups in total. The molecule has 0 spiro atoms. The monoisotopic (exact) mass is 253 g/mol. The number of primary amides is 1. The average molecular weight is 254 g/mol. The smallest absolute Gasteiger partial charge is 0.248 e. The van der Waals surface area contributed by atoms with E-state index in [-0.39, 0.29) is 5.91 Å². The molecule has 74 valence electrons. The van der Waals surface area contributed by atoms with Crippen LogP contribution in [0.25, 0.3) is 5.57 Å². The van der Waals surface area contributed by atoms with Crippen LogP contribution in [0.1, 0.15) is 12.0 Å². The predicted molar refractivity (Wildman–Crippen MR) is 62.0 cm³/mol. The van der Waals surface area contributed by atoms with Crippen LogP contribution >= 0.6 is 15.9 Å². The third-order valence-corrected chi connectivity index (χ3v) is 2.27. The molecule has 1 rings (SSSR count). The van der Waals surface area contributed by atoms with Gasteiger partial charge in [-0.1, -0.05) is 52.3 Å². The molecule has 1 aromatic carbocycles. The zero-order chi connectivity index (χ0) is 10.4. The quantitative estimate of drug-likeness (QED) is 0.650. The summed E-state index contributed by atoms with van der Waals surface area (Å²) in [6, 6.07) is 9.45. The molecule has 2 nitrogen and oxygen atoms in total. The van der Waals surface area contributed by atoms with Gasteiger partial charge in [-0.05, 0) is 12.0 Å². The van der Waals surface area contributed by atoms with E-state index in [0.29, 0.717) is 5.57 Å². The van der Waals surface area contributed by atoms with Gasteiger partial charge >= 0.3 is 0 Å². The minimum Gasteiger partial charge on any atom is -0.366 e. The fourth-order valence-electron chi connectivity index (χ4n) is 1.18. The number of halogens is 1. The molecule has 1 aromatic rings. The van der Waals surface area contributed by atoms with Crippen molar-refractivity contribution in [3.8, 4) is 0 Å². The summed E-state index contributed by atoms with van der Waals surface area (Å²) in [5.74, 6) is -0.378. The zero-order valence-corrected chi connectivity index (χ0v) is 9.33. The summed E-state index contributed by atoms with van der Waals surface area (Å²) in [4.78, 5) is 11.1. The van der Waals surface area contributed by atoms with Crippen LogP contribution in [-0.4, -0.2) is 11.2 Å². The van der Waals surface area contributed by atoms with Crippen LogP contribution < -0.4 is 5.73 Å². The fraction of sp³-hybridized carbons (Fsp3) is 0.182. The van der Waals surface area contributed by atoms with Gasteiger partial charge in [0.2, 0.25) is 5.91 Å². The number of hydrogen-bond donors (Lipinski definition) is 1. The Kier molecular flexibility index (Phi) is 4.40. The lowest BCUT2D eigenvalue weighted by Gasteiger charge is -2.02. The summed E-state index contributed by atoms with van der Waals surface area (Å²) in [6.07, 6.45) is 2.65. The molecule has 0 radical (unpaired) electrons. The molecular formula is C11H12BrNO. The van der Waals surface area contributed by atoms with Crippen LogP contribution in [0, 0.1) is 0 Å². The normalized spacial score (nSPS) is 11.4. The highest BCUT2D eigenvalue weighted by Gasteiger charge is 2.05. The van der Waals surface area contributed by atoms with Crippen molar-refractivity contribution < 1.29 is 4.79 Å². The second kappa shape index (κ2) is 5.60. The first-order valence-electron chi connectivity index (χ1n) is 4.37. The van der Waals surface area contributed by atoms with Crippen LogP contribution in [0.5, 0.6) is 0 Å². The van der Waals surface area contributed by atoms with Crippen molar-refractivity contribution in [1.82, 2.24) is 0 Å². The number of carbonyl (C=O) groups is 1. The maximum atomic E-state index is 11.1. The van der Waals surface area contributed by atoms with Crippen molar-refractivity contribution in [2.45, 2.75) is 6.42 Å². The maximum absolute atomic E-state index is 11.1. The summed E-state index contributed by atoms with van der Waals surface area (Å²) in [6.45, 7) is 0. The van der Waals surface area contributed by atoms with Crippen molar-refractivity contribution in [1.29, 1.82) is 0 Å². The number of allylic oxidation sites excluding steroid dienone is 1. The van der Waals surface area contributed by atoms with E-state index in [4.69, 9.17) is 5.73 Å². The molecule has 0 unspecified atom stereocenters. The Morgan fingerprint density at radius 3 is 2.50 bits per heavy atom. The average Bonchev–Trinajstić information content (AvgIpc) is 2.19. The lowest BCUT2D eigenvalue weighted by atomic mass is 10.0. The van der Waals surface area contributed by atoms with E-state index in [9.17, 15) is 4.79 Å². The van der Waals surface area contributed by atoms with Gasteiger partial charge in [0.1, 0.15) is 0 Å². The highest BCUT2D eigenvalue weighted by molar-refractivity contribution is 9.09. The molecule has 0 bridgehead atoms. The number of benzene rings is 1. The molecule has 0 fully saturated rings. The Labute approximate surface area is 91.9 Å². The number of amides is 1. The molecule has 0 aromatic heterocycles. The first-order chi connectivity index (χ1) is 6.75. The van der Waals surface area contributed by atoms with Crippen LogP contribution in [0.3, 0.4) is 0 Å². The molecule has 1 amide bonds. The Bertz CT molecular complexity index is 332. The first kappa shape index (κ1) is 11.0. The van der Waals surface area contributed by atoms with Crippen molar-refractivity contribution >= 4 is 27.4 Å². The number of alkyl halides is 1. The van der Waals surface area contributed by atoms with E-state index in [1.54, 1.807) is 0 Å². The molecule has 0 aliphatic carbocycles. The van der Waals surface area contributed by atoms with Gasteiger partial charge in [0.05, 0.1) is 0 Å². The molecule has 3 heteroatoms. The van der Waals surface area contributed by atoms with Gasteiger partial charge in [0, 0.05) is 10.9 Å². The van der Waals surface area contributed by atoms with Gasteiger partial charge < -0.3 is 5.73 Å². The Balaban J connectivity index is 2.95. The summed E-state index contributed by atoms with van der Waals surface area (Å²) >= 11 is 3.30. The molecule has 0 atom stereocenters. The largest absolute Gasteiger partial charge is 0.366 e. The minimum absolute atomic E-state index is 0.378. The lowest BCUT2D eigenvalue weighted by Crippen LogP contribution is -2.12. The molecule has 14 heavy (non-hydrogen) atoms. The van der Waals surface area contributed by atoms with E-state index in [2.05, 4.69) is 15.9 Å². The number of nitrogens with two attached hydrogens (primary N) is 1. The third kappa shape index (κ3) is 3.00. The highest BCUT2D eigenvalue weighted by Crippen LogP contribution is 2.14. The van der Waals surface area contributed by atoms with Crippen molar-refractivity contribution in [3.63, 3.8) is 0 Å². The van der Waals surface area contributed by atoms with E-state index in [1.807, 2.05) is 36.4 Å². The second-order valence-corrected chi connectivity index (χ2v) is 3.62. The molecule has 0 aliphatic heterocycles. The summed E-state index contributed by atoms with van der Waals surface area (Å²) in [7, 11) is 0. The molecule has 0 saturated heterocycles. The maximum Gasteiger partial charge on any atom is 0.248 e. The SMILES string of the molecule is NC(=O)/C(=C\CCBr)c1ccccc1. The summed E-state index contributed by atoms with van der Waals surface area (Å²) < 4.78 is 0.